The van der Waals surface area contributed by atoms with Crippen molar-refractivity contribution in [1.29, 1.82) is 5.26 Å². The zero-order valence-corrected chi connectivity index (χ0v) is 12.4. The highest BCUT2D eigenvalue weighted by Gasteiger charge is 2.08. The number of anilines is 1. The summed E-state index contributed by atoms with van der Waals surface area (Å²) in [6, 6.07) is 17.9. The highest BCUT2D eigenvalue weighted by Crippen LogP contribution is 2.15. The number of carbonyl (C=O) groups is 1. The maximum Gasteiger partial charge on any atom is 0.193 e. The average molecular weight is 307 g/mol. The van der Waals surface area contributed by atoms with Crippen molar-refractivity contribution in [2.75, 3.05) is 5.32 Å². The molecule has 0 aliphatic carbocycles. The molecule has 0 saturated heterocycles. The molecule has 0 radical (unpaired) electrons. The molecule has 0 heterocycles. The third kappa shape index (κ3) is 3.78. The SMILES string of the molecule is N#CC(=CNc1cccc(C(=O)c2ccccc2)c1)C(N)=S. The number of rotatable bonds is 5. The first-order valence-electron chi connectivity index (χ1n) is 6.48. The van der Waals surface area contributed by atoms with Gasteiger partial charge in [-0.2, -0.15) is 5.26 Å². The van der Waals surface area contributed by atoms with E-state index in [1.807, 2.05) is 24.3 Å². The van der Waals surface area contributed by atoms with Crippen molar-refractivity contribution in [2.24, 2.45) is 5.73 Å². The van der Waals surface area contributed by atoms with Gasteiger partial charge >= 0.3 is 0 Å². The predicted octanol–water partition coefficient (Wildman–Crippen LogP) is 3.02. The quantitative estimate of drug-likeness (QED) is 0.384. The number of benzene rings is 2. The summed E-state index contributed by atoms with van der Waals surface area (Å²) in [5, 5.41) is 11.8. The van der Waals surface area contributed by atoms with Crippen molar-refractivity contribution in [2.45, 2.75) is 0 Å². The summed E-state index contributed by atoms with van der Waals surface area (Å²) in [4.78, 5) is 12.4. The second kappa shape index (κ2) is 7.16. The molecule has 108 valence electrons. The molecule has 0 bridgehead atoms. The second-order valence-corrected chi connectivity index (χ2v) is 4.89. The normalized spacial score (nSPS) is 10.6. The second-order valence-electron chi connectivity index (χ2n) is 4.45. The lowest BCUT2D eigenvalue weighted by Crippen LogP contribution is -2.11. The predicted molar refractivity (Wildman–Crippen MR) is 90.4 cm³/mol. The van der Waals surface area contributed by atoms with Crippen molar-refractivity contribution in [3.8, 4) is 6.07 Å². The maximum atomic E-state index is 12.4. The van der Waals surface area contributed by atoms with Crippen LogP contribution in [0.2, 0.25) is 0 Å². The Hall–Kier alpha value is -2.97. The van der Waals surface area contributed by atoms with Gasteiger partial charge in [0.05, 0.1) is 0 Å². The van der Waals surface area contributed by atoms with Gasteiger partial charge in [-0.15, -0.1) is 0 Å². The summed E-state index contributed by atoms with van der Waals surface area (Å²) in [7, 11) is 0. The summed E-state index contributed by atoms with van der Waals surface area (Å²) in [6.45, 7) is 0. The first kappa shape index (κ1) is 15.4. The number of nitriles is 1. The van der Waals surface area contributed by atoms with Crippen molar-refractivity contribution >= 4 is 28.7 Å². The largest absolute Gasteiger partial charge is 0.389 e. The Kier molecular flexibility index (Phi) is 5.02. The van der Waals surface area contributed by atoms with Crippen LogP contribution in [-0.4, -0.2) is 10.8 Å². The molecule has 0 spiro atoms. The number of nitrogens with two attached hydrogens (primary N) is 1. The molecule has 0 aliphatic heterocycles. The van der Waals surface area contributed by atoms with Crippen molar-refractivity contribution < 1.29 is 4.79 Å². The molecule has 0 aromatic heterocycles. The van der Waals surface area contributed by atoms with Gasteiger partial charge in [0.25, 0.3) is 0 Å². The maximum absolute atomic E-state index is 12.4. The van der Waals surface area contributed by atoms with E-state index in [0.717, 1.165) is 0 Å². The fourth-order valence-electron chi connectivity index (χ4n) is 1.82. The van der Waals surface area contributed by atoms with Crippen LogP contribution in [0.25, 0.3) is 0 Å². The van der Waals surface area contributed by atoms with Gasteiger partial charge in [-0.3, -0.25) is 4.79 Å². The fourth-order valence-corrected chi connectivity index (χ4v) is 1.92. The van der Waals surface area contributed by atoms with Crippen LogP contribution >= 0.6 is 12.2 Å². The van der Waals surface area contributed by atoms with Crippen LogP contribution in [0.15, 0.2) is 66.4 Å². The van der Waals surface area contributed by atoms with Gasteiger partial charge in [-0.25, -0.2) is 0 Å². The molecule has 22 heavy (non-hydrogen) atoms. The van der Waals surface area contributed by atoms with Crippen LogP contribution in [-0.2, 0) is 0 Å². The molecule has 0 unspecified atom stereocenters. The Morgan fingerprint density at radius 2 is 1.82 bits per heavy atom. The van der Waals surface area contributed by atoms with Gasteiger partial charge in [0.1, 0.15) is 16.6 Å². The zero-order valence-electron chi connectivity index (χ0n) is 11.6. The van der Waals surface area contributed by atoms with Crippen LogP contribution in [0, 0.1) is 11.3 Å². The molecule has 2 aromatic carbocycles. The lowest BCUT2D eigenvalue weighted by Gasteiger charge is -2.05. The van der Waals surface area contributed by atoms with E-state index in [2.05, 4.69) is 5.32 Å². The molecule has 0 saturated carbocycles. The molecule has 0 fully saturated rings. The zero-order chi connectivity index (χ0) is 15.9. The lowest BCUT2D eigenvalue weighted by atomic mass is 10.0. The standard InChI is InChI=1S/C17H13N3OS/c18-10-14(17(19)22)11-20-15-8-4-7-13(9-15)16(21)12-5-2-1-3-6-12/h1-9,11,20H,(H2,19,22). The molecule has 3 N–H and O–H groups in total. The Bertz CT molecular complexity index is 776. The van der Waals surface area contributed by atoms with Crippen molar-refractivity contribution in [3.63, 3.8) is 0 Å². The monoisotopic (exact) mass is 307 g/mol. The third-order valence-electron chi connectivity index (χ3n) is 2.93. The molecule has 4 nitrogen and oxygen atoms in total. The van der Waals surface area contributed by atoms with Crippen LogP contribution in [0.5, 0.6) is 0 Å². The first-order valence-corrected chi connectivity index (χ1v) is 6.89. The van der Waals surface area contributed by atoms with Gasteiger partial charge in [0.15, 0.2) is 5.78 Å². The molecule has 2 rings (SSSR count). The van der Waals surface area contributed by atoms with Gasteiger partial charge in [-0.1, -0.05) is 54.7 Å². The van der Waals surface area contributed by atoms with Crippen LogP contribution < -0.4 is 11.1 Å². The Labute approximate surface area is 133 Å². The number of hydrogen-bond acceptors (Lipinski definition) is 4. The lowest BCUT2D eigenvalue weighted by molar-refractivity contribution is 0.103. The Morgan fingerprint density at radius 1 is 1.14 bits per heavy atom. The molecule has 0 atom stereocenters. The van der Waals surface area contributed by atoms with E-state index in [-0.39, 0.29) is 16.3 Å². The minimum atomic E-state index is -0.0666. The molecular formula is C17H13N3OS. The van der Waals surface area contributed by atoms with Gasteiger partial charge in [0, 0.05) is 23.0 Å². The summed E-state index contributed by atoms with van der Waals surface area (Å²) >= 11 is 4.76. The summed E-state index contributed by atoms with van der Waals surface area (Å²) in [5.41, 5.74) is 7.44. The number of ketones is 1. The van der Waals surface area contributed by atoms with E-state index in [1.165, 1.54) is 6.20 Å². The third-order valence-corrected chi connectivity index (χ3v) is 3.15. The summed E-state index contributed by atoms with van der Waals surface area (Å²) < 4.78 is 0. The molecule has 0 aliphatic rings. The van der Waals surface area contributed by atoms with Crippen molar-refractivity contribution in [1.82, 2.24) is 0 Å². The average Bonchev–Trinajstić information content (AvgIpc) is 2.55. The highest BCUT2D eigenvalue weighted by atomic mass is 32.1. The van der Waals surface area contributed by atoms with Gasteiger partial charge in [0.2, 0.25) is 0 Å². The van der Waals surface area contributed by atoms with Crippen molar-refractivity contribution in [3.05, 3.63) is 77.5 Å². The van der Waals surface area contributed by atoms with E-state index >= 15 is 0 Å². The van der Waals surface area contributed by atoms with Gasteiger partial charge < -0.3 is 11.1 Å². The summed E-state index contributed by atoms with van der Waals surface area (Å²) in [5.74, 6) is -0.0666. The van der Waals surface area contributed by atoms with E-state index < -0.39 is 0 Å². The van der Waals surface area contributed by atoms with Crippen LogP contribution in [0.4, 0.5) is 5.69 Å². The van der Waals surface area contributed by atoms with E-state index in [4.69, 9.17) is 23.2 Å². The summed E-state index contributed by atoms with van der Waals surface area (Å²) in [6.07, 6.45) is 1.43. The Morgan fingerprint density at radius 3 is 2.45 bits per heavy atom. The number of thiocarbonyl (C=S) groups is 1. The van der Waals surface area contributed by atoms with Gasteiger partial charge in [-0.05, 0) is 12.1 Å². The van der Waals surface area contributed by atoms with E-state index in [9.17, 15) is 4.79 Å². The van der Waals surface area contributed by atoms with Crippen LogP contribution in [0.1, 0.15) is 15.9 Å². The first-order chi connectivity index (χ1) is 10.6. The van der Waals surface area contributed by atoms with Crippen LogP contribution in [0.3, 0.4) is 0 Å². The Balaban J connectivity index is 2.23. The fraction of sp³-hybridized carbons (Fsp3) is 0. The smallest absolute Gasteiger partial charge is 0.193 e. The number of carbonyl (C=O) groups excluding carboxylic acids is 1. The minimum absolute atomic E-state index is 0.0199. The molecular weight excluding hydrogens is 294 g/mol. The molecule has 0 amide bonds. The number of nitrogens with zero attached hydrogens (tertiary/aromatic N) is 1. The topological polar surface area (TPSA) is 78.9 Å². The highest BCUT2D eigenvalue weighted by molar-refractivity contribution is 7.80. The molecule has 5 heteroatoms. The minimum Gasteiger partial charge on any atom is -0.389 e. The molecule has 2 aromatic rings. The van der Waals surface area contributed by atoms with E-state index in [1.54, 1.807) is 36.4 Å². The number of nitrogens with one attached hydrogen (secondary N) is 1. The number of hydrogen-bond donors (Lipinski definition) is 2. The van der Waals surface area contributed by atoms with E-state index in [0.29, 0.717) is 16.8 Å².